The van der Waals surface area contributed by atoms with Crippen molar-refractivity contribution in [2.24, 2.45) is 0 Å². The first-order valence-corrected chi connectivity index (χ1v) is 11.5. The van der Waals surface area contributed by atoms with Crippen LogP contribution < -0.4 is 5.56 Å². The van der Waals surface area contributed by atoms with E-state index in [0.29, 0.717) is 52.5 Å². The van der Waals surface area contributed by atoms with E-state index in [1.54, 1.807) is 18.2 Å². The molecule has 0 unspecified atom stereocenters. The second kappa shape index (κ2) is 8.49. The Morgan fingerprint density at radius 2 is 1.89 bits per heavy atom. The molecule has 2 N–H and O–H groups in total. The molecule has 1 atom stereocenters. The van der Waals surface area contributed by atoms with Gasteiger partial charge in [0.15, 0.2) is 6.10 Å². The van der Waals surface area contributed by atoms with Crippen molar-refractivity contribution in [1.29, 1.82) is 0 Å². The molecule has 2 heterocycles. The molecule has 182 valence electrons. The largest absolute Gasteiger partial charge is 0.416 e. The molecule has 2 aliphatic rings. The number of amides is 1. The molecule has 0 spiro atoms. The predicted octanol–water partition coefficient (Wildman–Crippen LogP) is 4.14. The second-order valence-corrected chi connectivity index (χ2v) is 9.40. The lowest BCUT2D eigenvalue weighted by molar-refractivity contribution is -0.141. The van der Waals surface area contributed by atoms with Gasteiger partial charge < -0.3 is 15.0 Å². The number of halogens is 4. The van der Waals surface area contributed by atoms with Gasteiger partial charge in [0.1, 0.15) is 5.82 Å². The van der Waals surface area contributed by atoms with Gasteiger partial charge in [0.2, 0.25) is 0 Å². The number of hydrogen-bond donors (Lipinski definition) is 2. The molecule has 5 rings (SSSR count). The van der Waals surface area contributed by atoms with Crippen molar-refractivity contribution >= 4 is 17.5 Å². The number of alkyl halides is 3. The fraction of sp³-hybridized carbons (Fsp3) is 0.320. The zero-order chi connectivity index (χ0) is 25.0. The summed E-state index contributed by atoms with van der Waals surface area (Å²) in [7, 11) is 0. The summed E-state index contributed by atoms with van der Waals surface area (Å²) in [6.07, 6.45) is -4.18. The molecule has 0 saturated heterocycles. The number of aliphatic hydroxyl groups is 1. The zero-order valence-corrected chi connectivity index (χ0v) is 19.2. The lowest BCUT2D eigenvalue weighted by atomic mass is 9.93. The quantitative estimate of drug-likeness (QED) is 0.560. The topological polar surface area (TPSA) is 86.3 Å². The average molecular weight is 504 g/mol. The number of H-pyrrole nitrogens is 1. The van der Waals surface area contributed by atoms with Crippen LogP contribution in [-0.4, -0.2) is 32.4 Å². The number of rotatable bonds is 4. The van der Waals surface area contributed by atoms with Crippen LogP contribution >= 0.6 is 11.6 Å². The minimum absolute atomic E-state index is 0.00167. The van der Waals surface area contributed by atoms with Crippen LogP contribution in [0.4, 0.5) is 13.2 Å². The maximum atomic E-state index is 13.0. The molecule has 0 bridgehead atoms. The van der Waals surface area contributed by atoms with Gasteiger partial charge >= 0.3 is 6.18 Å². The standard InChI is InChI=1S/C25H21ClF3N3O3/c26-17-3-1-2-14(12-17)20(33)22(35)32-11-8-19-18(13-32)21(34)31-23(30-19)24(9-10-24)15-4-6-16(7-5-15)25(27,28)29/h1-7,12,20,33H,8-11,13H2,(H,30,31,34)/t20-/m1/s1. The molecule has 35 heavy (non-hydrogen) atoms. The van der Waals surface area contributed by atoms with E-state index >= 15 is 0 Å². The van der Waals surface area contributed by atoms with Gasteiger partial charge in [0, 0.05) is 18.0 Å². The number of aromatic nitrogens is 2. The Kier molecular flexibility index (Phi) is 5.72. The normalized spacial score (nSPS) is 17.6. The first-order valence-electron chi connectivity index (χ1n) is 11.1. The summed E-state index contributed by atoms with van der Waals surface area (Å²) in [5.74, 6) is -0.107. The lowest BCUT2D eigenvalue weighted by Crippen LogP contribution is -2.42. The number of fused-ring (bicyclic) bond motifs is 1. The highest BCUT2D eigenvalue weighted by molar-refractivity contribution is 6.30. The van der Waals surface area contributed by atoms with Gasteiger partial charge in [0.25, 0.3) is 11.5 Å². The van der Waals surface area contributed by atoms with Gasteiger partial charge in [-0.2, -0.15) is 13.2 Å². The molecule has 6 nitrogen and oxygen atoms in total. The molecule has 3 aromatic rings. The molecule has 2 aromatic carbocycles. The first kappa shape index (κ1) is 23.6. The van der Waals surface area contributed by atoms with Crippen LogP contribution in [0.3, 0.4) is 0 Å². The number of nitrogens with one attached hydrogen (secondary N) is 1. The smallest absolute Gasteiger partial charge is 0.378 e. The van der Waals surface area contributed by atoms with Crippen LogP contribution in [0.25, 0.3) is 0 Å². The SMILES string of the molecule is O=C([C@H](O)c1cccc(Cl)c1)N1CCc2nc(C3(c4ccc(C(F)(F)F)cc4)CC3)[nH]c(=O)c2C1. The zero-order valence-electron chi connectivity index (χ0n) is 18.4. The second-order valence-electron chi connectivity index (χ2n) is 8.96. The van der Waals surface area contributed by atoms with Crippen LogP contribution in [0.2, 0.25) is 5.02 Å². The summed E-state index contributed by atoms with van der Waals surface area (Å²) in [5, 5.41) is 10.9. The number of nitrogens with zero attached hydrogens (tertiary/aromatic N) is 2. The van der Waals surface area contributed by atoms with Crippen LogP contribution in [0, 0.1) is 0 Å². The number of aromatic amines is 1. The Morgan fingerprint density at radius 3 is 2.51 bits per heavy atom. The molecule has 1 aromatic heterocycles. The van der Waals surface area contributed by atoms with Crippen molar-refractivity contribution in [2.75, 3.05) is 6.54 Å². The Hall–Kier alpha value is -3.17. The highest BCUT2D eigenvalue weighted by atomic mass is 35.5. The number of carbonyl (C=O) groups excluding carboxylic acids is 1. The molecule has 10 heteroatoms. The minimum Gasteiger partial charge on any atom is -0.378 e. The summed E-state index contributed by atoms with van der Waals surface area (Å²) >= 11 is 5.96. The molecule has 0 radical (unpaired) electrons. The van der Waals surface area contributed by atoms with Crippen LogP contribution in [0.15, 0.2) is 53.3 Å². The number of aliphatic hydroxyl groups excluding tert-OH is 1. The van der Waals surface area contributed by atoms with Crippen molar-refractivity contribution in [1.82, 2.24) is 14.9 Å². The predicted molar refractivity (Wildman–Crippen MR) is 122 cm³/mol. The van der Waals surface area contributed by atoms with Crippen LogP contribution in [-0.2, 0) is 29.4 Å². The Bertz CT molecular complexity index is 1350. The summed E-state index contributed by atoms with van der Waals surface area (Å²) in [5.41, 5.74) is 0.201. The van der Waals surface area contributed by atoms with Crippen molar-refractivity contribution < 1.29 is 23.1 Å². The van der Waals surface area contributed by atoms with Gasteiger partial charge in [-0.3, -0.25) is 9.59 Å². The van der Waals surface area contributed by atoms with E-state index in [1.807, 2.05) is 0 Å². The van der Waals surface area contributed by atoms with Gasteiger partial charge in [-0.15, -0.1) is 0 Å². The third-order valence-electron chi connectivity index (χ3n) is 6.75. The molecule has 1 aliphatic heterocycles. The van der Waals surface area contributed by atoms with E-state index in [-0.39, 0.29) is 13.1 Å². The Morgan fingerprint density at radius 1 is 1.17 bits per heavy atom. The van der Waals surface area contributed by atoms with Crippen LogP contribution in [0.1, 0.15) is 52.7 Å². The number of benzene rings is 2. The minimum atomic E-state index is -4.42. The van der Waals surface area contributed by atoms with Crippen molar-refractivity contribution in [3.63, 3.8) is 0 Å². The van der Waals surface area contributed by atoms with Gasteiger partial charge in [0.05, 0.1) is 28.8 Å². The van der Waals surface area contributed by atoms with E-state index in [1.165, 1.54) is 23.1 Å². The fourth-order valence-corrected chi connectivity index (χ4v) is 4.80. The summed E-state index contributed by atoms with van der Waals surface area (Å²) in [6, 6.07) is 11.4. The van der Waals surface area contributed by atoms with E-state index in [0.717, 1.165) is 12.1 Å². The van der Waals surface area contributed by atoms with Gasteiger partial charge in [-0.1, -0.05) is 35.9 Å². The number of carbonyl (C=O) groups is 1. The van der Waals surface area contributed by atoms with E-state index in [9.17, 15) is 27.9 Å². The first-order chi connectivity index (χ1) is 16.6. The molecule has 1 amide bonds. The molecule has 1 aliphatic carbocycles. The highest BCUT2D eigenvalue weighted by Crippen LogP contribution is 2.52. The lowest BCUT2D eigenvalue weighted by Gasteiger charge is -2.30. The third-order valence-corrected chi connectivity index (χ3v) is 6.98. The fourth-order valence-electron chi connectivity index (χ4n) is 4.60. The van der Waals surface area contributed by atoms with Crippen molar-refractivity contribution in [2.45, 2.75) is 43.5 Å². The molecule has 1 fully saturated rings. The summed E-state index contributed by atoms with van der Waals surface area (Å²) in [4.78, 5) is 34.7. The molecular weight excluding hydrogens is 483 g/mol. The van der Waals surface area contributed by atoms with Crippen LogP contribution in [0.5, 0.6) is 0 Å². The Balaban J connectivity index is 1.38. The average Bonchev–Trinajstić information content (AvgIpc) is 3.65. The summed E-state index contributed by atoms with van der Waals surface area (Å²) in [6.45, 7) is 0.272. The number of hydrogen-bond acceptors (Lipinski definition) is 4. The van der Waals surface area contributed by atoms with Gasteiger partial charge in [-0.05, 0) is 48.2 Å². The third kappa shape index (κ3) is 4.34. The molecule has 1 saturated carbocycles. The maximum absolute atomic E-state index is 13.0. The van der Waals surface area contributed by atoms with Gasteiger partial charge in [-0.25, -0.2) is 4.98 Å². The monoisotopic (exact) mass is 503 g/mol. The van der Waals surface area contributed by atoms with E-state index < -0.39 is 34.7 Å². The summed E-state index contributed by atoms with van der Waals surface area (Å²) < 4.78 is 38.8. The highest BCUT2D eigenvalue weighted by Gasteiger charge is 2.49. The van der Waals surface area contributed by atoms with E-state index in [4.69, 9.17) is 11.6 Å². The van der Waals surface area contributed by atoms with Crippen molar-refractivity contribution in [3.05, 3.63) is 97.7 Å². The molecular formula is C25H21ClF3N3O3. The van der Waals surface area contributed by atoms with Crippen molar-refractivity contribution in [3.8, 4) is 0 Å². The van der Waals surface area contributed by atoms with E-state index in [2.05, 4.69) is 9.97 Å². The maximum Gasteiger partial charge on any atom is 0.416 e. The Labute approximate surface area is 203 Å².